The van der Waals surface area contributed by atoms with Gasteiger partial charge in [-0.2, -0.15) is 0 Å². The molecule has 1 atom stereocenters. The van der Waals surface area contributed by atoms with Crippen LogP contribution in [-0.2, 0) is 0 Å². The quantitative estimate of drug-likeness (QED) is 0.658. The minimum Gasteiger partial charge on any atom is -0.323 e. The molecule has 0 amide bonds. The molecule has 0 spiro atoms. The molecule has 0 aromatic rings. The van der Waals surface area contributed by atoms with Gasteiger partial charge in [0.2, 0.25) is 0 Å². The van der Waals surface area contributed by atoms with Gasteiger partial charge in [-0.3, -0.25) is 0 Å². The van der Waals surface area contributed by atoms with Crippen molar-refractivity contribution in [2.24, 2.45) is 11.7 Å². The lowest BCUT2D eigenvalue weighted by molar-refractivity contribution is 0.351. The Hall–Kier alpha value is -0.340. The van der Waals surface area contributed by atoms with Crippen LogP contribution in [0.1, 0.15) is 38.5 Å². The normalized spacial score (nSPS) is 30.1. The summed E-state index contributed by atoms with van der Waals surface area (Å²) in [6.07, 6.45) is 10.8. The Kier molecular flexibility index (Phi) is 3.60. The van der Waals surface area contributed by atoms with Crippen molar-refractivity contribution in [2.75, 3.05) is 13.1 Å². The third kappa shape index (κ3) is 2.82. The molecule has 1 heterocycles. The van der Waals surface area contributed by atoms with E-state index in [1.54, 1.807) is 5.57 Å². The van der Waals surface area contributed by atoms with Gasteiger partial charge in [0.25, 0.3) is 0 Å². The summed E-state index contributed by atoms with van der Waals surface area (Å²) < 4.78 is 0. The monoisotopic (exact) mass is 194 g/mol. The molecular formula is C12H22N2. The molecule has 0 bridgehead atoms. The first-order chi connectivity index (χ1) is 6.84. The van der Waals surface area contributed by atoms with E-state index in [1.807, 2.05) is 0 Å². The van der Waals surface area contributed by atoms with Gasteiger partial charge in [-0.1, -0.05) is 43.8 Å². The lowest BCUT2D eigenvalue weighted by Crippen LogP contribution is -2.38. The topological polar surface area (TPSA) is 38.0 Å². The van der Waals surface area contributed by atoms with Crippen LogP contribution in [0.5, 0.6) is 0 Å². The highest BCUT2D eigenvalue weighted by Gasteiger charge is 2.17. The van der Waals surface area contributed by atoms with Gasteiger partial charge in [0.05, 0.1) is 0 Å². The fourth-order valence-electron chi connectivity index (χ4n) is 2.72. The first-order valence-electron chi connectivity index (χ1n) is 6.00. The highest BCUT2D eigenvalue weighted by molar-refractivity contribution is 5.13. The molecule has 2 nitrogen and oxygen atoms in total. The van der Waals surface area contributed by atoms with Crippen LogP contribution in [-0.4, -0.2) is 19.1 Å². The first kappa shape index (κ1) is 10.2. The van der Waals surface area contributed by atoms with Gasteiger partial charge < -0.3 is 11.1 Å². The van der Waals surface area contributed by atoms with Gasteiger partial charge in [0.15, 0.2) is 0 Å². The standard InChI is InChI=1S/C12H22N2/c13-12-7-11(8-14-9-12)6-10-4-2-1-3-5-10/h7,10,12,14H,1-6,8-9,13H2. The summed E-state index contributed by atoms with van der Waals surface area (Å²) in [5.41, 5.74) is 7.44. The molecule has 1 unspecified atom stereocenters. The first-order valence-corrected chi connectivity index (χ1v) is 6.00. The maximum Gasteiger partial charge on any atom is 0.0354 e. The maximum atomic E-state index is 5.89. The van der Waals surface area contributed by atoms with Crippen LogP contribution >= 0.6 is 0 Å². The smallest absolute Gasteiger partial charge is 0.0354 e. The van der Waals surface area contributed by atoms with Gasteiger partial charge in [-0.05, 0) is 12.3 Å². The van der Waals surface area contributed by atoms with Crippen molar-refractivity contribution in [3.05, 3.63) is 11.6 Å². The summed E-state index contributed by atoms with van der Waals surface area (Å²) in [6.45, 7) is 2.03. The minimum atomic E-state index is 0.252. The second kappa shape index (κ2) is 4.94. The van der Waals surface area contributed by atoms with Crippen molar-refractivity contribution in [1.82, 2.24) is 5.32 Å². The Morgan fingerprint density at radius 3 is 2.79 bits per heavy atom. The van der Waals surface area contributed by atoms with Crippen molar-refractivity contribution in [2.45, 2.75) is 44.6 Å². The molecule has 1 fully saturated rings. The van der Waals surface area contributed by atoms with E-state index < -0.39 is 0 Å². The number of hydrogen-bond acceptors (Lipinski definition) is 2. The lowest BCUT2D eigenvalue weighted by Gasteiger charge is -2.26. The molecule has 0 aromatic carbocycles. The predicted molar refractivity (Wildman–Crippen MR) is 60.1 cm³/mol. The predicted octanol–water partition coefficient (Wildman–Crippen LogP) is 1.81. The number of nitrogens with two attached hydrogens (primary N) is 1. The molecule has 1 saturated carbocycles. The van der Waals surface area contributed by atoms with Crippen LogP contribution in [0.3, 0.4) is 0 Å². The van der Waals surface area contributed by atoms with Crippen molar-refractivity contribution < 1.29 is 0 Å². The average molecular weight is 194 g/mol. The average Bonchev–Trinajstić information content (AvgIpc) is 2.19. The summed E-state index contributed by atoms with van der Waals surface area (Å²) in [6, 6.07) is 0.252. The number of hydrogen-bond donors (Lipinski definition) is 2. The van der Waals surface area contributed by atoms with Crippen LogP contribution in [0.25, 0.3) is 0 Å². The molecule has 3 N–H and O–H groups in total. The molecule has 1 aliphatic carbocycles. The molecule has 2 heteroatoms. The van der Waals surface area contributed by atoms with E-state index in [4.69, 9.17) is 5.73 Å². The molecule has 0 aromatic heterocycles. The zero-order chi connectivity index (χ0) is 9.80. The van der Waals surface area contributed by atoms with Gasteiger partial charge in [0.1, 0.15) is 0 Å². The van der Waals surface area contributed by atoms with Crippen LogP contribution < -0.4 is 11.1 Å². The van der Waals surface area contributed by atoms with Crippen molar-refractivity contribution in [1.29, 1.82) is 0 Å². The zero-order valence-electron chi connectivity index (χ0n) is 8.97. The molecule has 14 heavy (non-hydrogen) atoms. The Morgan fingerprint density at radius 2 is 2.07 bits per heavy atom. The van der Waals surface area contributed by atoms with Gasteiger partial charge in [-0.25, -0.2) is 0 Å². The number of nitrogens with one attached hydrogen (secondary N) is 1. The Bertz CT molecular complexity index is 204. The van der Waals surface area contributed by atoms with E-state index >= 15 is 0 Å². The molecule has 1 aliphatic heterocycles. The highest BCUT2D eigenvalue weighted by Crippen LogP contribution is 2.29. The summed E-state index contributed by atoms with van der Waals surface area (Å²) >= 11 is 0. The van der Waals surface area contributed by atoms with E-state index in [0.717, 1.165) is 19.0 Å². The number of rotatable bonds is 2. The van der Waals surface area contributed by atoms with Gasteiger partial charge in [-0.15, -0.1) is 0 Å². The van der Waals surface area contributed by atoms with Gasteiger partial charge in [0, 0.05) is 19.1 Å². The highest BCUT2D eigenvalue weighted by atomic mass is 14.9. The molecule has 2 rings (SSSR count). The summed E-state index contributed by atoms with van der Waals surface area (Å²) in [5, 5.41) is 3.38. The van der Waals surface area contributed by atoms with E-state index in [1.165, 1.54) is 38.5 Å². The summed E-state index contributed by atoms with van der Waals surface area (Å²) in [4.78, 5) is 0. The SMILES string of the molecule is NC1C=C(CC2CCCCC2)CNC1. The second-order valence-electron chi connectivity index (χ2n) is 4.83. The fourth-order valence-corrected chi connectivity index (χ4v) is 2.72. The van der Waals surface area contributed by atoms with Crippen molar-refractivity contribution >= 4 is 0 Å². The molecule has 80 valence electrons. The third-order valence-electron chi connectivity index (χ3n) is 3.46. The van der Waals surface area contributed by atoms with Crippen LogP contribution in [0.4, 0.5) is 0 Å². The Morgan fingerprint density at radius 1 is 1.29 bits per heavy atom. The largest absolute Gasteiger partial charge is 0.323 e. The Balaban J connectivity index is 1.83. The Labute approximate surface area is 86.9 Å². The van der Waals surface area contributed by atoms with E-state index in [9.17, 15) is 0 Å². The second-order valence-corrected chi connectivity index (χ2v) is 4.83. The summed E-state index contributed by atoms with van der Waals surface area (Å²) in [7, 11) is 0. The molecule has 0 radical (unpaired) electrons. The van der Waals surface area contributed by atoms with Crippen LogP contribution in [0.2, 0.25) is 0 Å². The minimum absolute atomic E-state index is 0.252. The summed E-state index contributed by atoms with van der Waals surface area (Å²) in [5.74, 6) is 0.946. The van der Waals surface area contributed by atoms with E-state index in [2.05, 4.69) is 11.4 Å². The molecule has 0 saturated heterocycles. The molecule has 2 aliphatic rings. The van der Waals surface area contributed by atoms with Crippen LogP contribution in [0, 0.1) is 5.92 Å². The van der Waals surface area contributed by atoms with Crippen LogP contribution in [0.15, 0.2) is 11.6 Å². The maximum absolute atomic E-state index is 5.89. The molecular weight excluding hydrogens is 172 g/mol. The van der Waals surface area contributed by atoms with E-state index in [-0.39, 0.29) is 6.04 Å². The fraction of sp³-hybridized carbons (Fsp3) is 0.833. The van der Waals surface area contributed by atoms with Crippen molar-refractivity contribution in [3.63, 3.8) is 0 Å². The van der Waals surface area contributed by atoms with Crippen molar-refractivity contribution in [3.8, 4) is 0 Å². The van der Waals surface area contributed by atoms with Gasteiger partial charge >= 0.3 is 0 Å². The van der Waals surface area contributed by atoms with E-state index in [0.29, 0.717) is 0 Å². The lowest BCUT2D eigenvalue weighted by atomic mass is 9.84. The third-order valence-corrected chi connectivity index (χ3v) is 3.46. The zero-order valence-corrected chi connectivity index (χ0v) is 8.97.